The summed E-state index contributed by atoms with van der Waals surface area (Å²) in [5, 5.41) is 26.5. The largest absolute Gasteiger partial charge is 0.469 e. The highest BCUT2D eigenvalue weighted by atomic mass is 19.3. The molecule has 0 saturated carbocycles. The van der Waals surface area contributed by atoms with Gasteiger partial charge in [-0.3, -0.25) is 23.7 Å². The lowest BCUT2D eigenvalue weighted by atomic mass is 10.1. The van der Waals surface area contributed by atoms with Gasteiger partial charge in [-0.1, -0.05) is 25.0 Å². The standard InChI is InChI=1S/C29H37F2N5O9/c1-44-25(41)10-5-3-2-4-9-23(39)33-19-8-6-7-18(15-19)16-32-22(38)11-12-24(40)34-21-13-14-36(28(43)35-21)27-29(30,31)26(42)20(17-37)45-27/h6-8,13-15,20,26-27,37,42H,2-5,9-12,16-17H2,1H3,(H,32,38)(H,33,39)(H,34,35,40,43). The lowest BCUT2D eigenvalue weighted by molar-refractivity contribution is -0.141. The number of carbonyl (C=O) groups is 4. The van der Waals surface area contributed by atoms with E-state index in [1.54, 1.807) is 24.3 Å². The predicted molar refractivity (Wildman–Crippen MR) is 155 cm³/mol. The van der Waals surface area contributed by atoms with Gasteiger partial charge in [0, 0.05) is 44.1 Å². The van der Waals surface area contributed by atoms with Crippen LogP contribution in [0.3, 0.4) is 0 Å². The Morgan fingerprint density at radius 3 is 2.36 bits per heavy atom. The van der Waals surface area contributed by atoms with Gasteiger partial charge in [0.15, 0.2) is 6.10 Å². The van der Waals surface area contributed by atoms with Crippen molar-refractivity contribution in [2.45, 2.75) is 82.3 Å². The molecule has 3 rings (SSSR count). The number of rotatable bonds is 16. The average Bonchev–Trinajstić information content (AvgIpc) is 3.24. The molecule has 45 heavy (non-hydrogen) atoms. The number of unbranched alkanes of at least 4 members (excludes halogenated alkanes) is 3. The molecule has 2 aromatic rings. The number of halogens is 2. The van der Waals surface area contributed by atoms with Gasteiger partial charge in [0.25, 0.3) is 0 Å². The molecule has 0 aliphatic carbocycles. The van der Waals surface area contributed by atoms with Gasteiger partial charge in [-0.25, -0.2) is 4.79 Å². The van der Waals surface area contributed by atoms with Crippen LogP contribution in [0.25, 0.3) is 0 Å². The van der Waals surface area contributed by atoms with E-state index in [-0.39, 0.29) is 37.1 Å². The molecule has 246 valence electrons. The minimum atomic E-state index is -3.87. The van der Waals surface area contributed by atoms with Crippen molar-refractivity contribution < 1.29 is 47.6 Å². The van der Waals surface area contributed by atoms with Crippen LogP contribution >= 0.6 is 0 Å². The number of nitrogens with zero attached hydrogens (tertiary/aromatic N) is 2. The van der Waals surface area contributed by atoms with Crippen molar-refractivity contribution in [3.63, 3.8) is 0 Å². The Labute approximate surface area is 257 Å². The number of aliphatic hydroxyl groups is 2. The molecule has 3 amide bonds. The molecule has 14 nitrogen and oxygen atoms in total. The number of carbonyl (C=O) groups excluding carboxylic acids is 4. The number of benzene rings is 1. The van der Waals surface area contributed by atoms with E-state index in [1.165, 1.54) is 7.11 Å². The minimum absolute atomic E-state index is 0.143. The van der Waals surface area contributed by atoms with Crippen molar-refractivity contribution in [2.75, 3.05) is 24.4 Å². The van der Waals surface area contributed by atoms with E-state index < -0.39 is 48.5 Å². The summed E-state index contributed by atoms with van der Waals surface area (Å²) in [6, 6.07) is 8.00. The Hall–Kier alpha value is -4.28. The number of aromatic nitrogens is 2. The molecule has 3 unspecified atom stereocenters. The van der Waals surface area contributed by atoms with Crippen molar-refractivity contribution in [1.29, 1.82) is 0 Å². The molecule has 16 heteroatoms. The number of anilines is 2. The molecule has 0 radical (unpaired) electrons. The third-order valence-corrected chi connectivity index (χ3v) is 6.95. The zero-order valence-electron chi connectivity index (χ0n) is 24.7. The molecule has 0 spiro atoms. The molecule has 5 N–H and O–H groups in total. The zero-order chi connectivity index (χ0) is 33.0. The van der Waals surface area contributed by atoms with Crippen LogP contribution in [0.1, 0.15) is 63.2 Å². The first-order valence-corrected chi connectivity index (χ1v) is 14.4. The van der Waals surface area contributed by atoms with Gasteiger partial charge in [0.1, 0.15) is 11.9 Å². The lowest BCUT2D eigenvalue weighted by Gasteiger charge is -2.21. The van der Waals surface area contributed by atoms with Gasteiger partial charge in [-0.15, -0.1) is 0 Å². The van der Waals surface area contributed by atoms with E-state index in [0.717, 1.165) is 25.1 Å². The summed E-state index contributed by atoms with van der Waals surface area (Å²) in [5.74, 6) is -5.60. The second-order valence-corrected chi connectivity index (χ2v) is 10.4. The maximum absolute atomic E-state index is 14.3. The van der Waals surface area contributed by atoms with Gasteiger partial charge in [-0.05, 0) is 36.6 Å². The summed E-state index contributed by atoms with van der Waals surface area (Å²) >= 11 is 0. The van der Waals surface area contributed by atoms with Crippen molar-refractivity contribution in [3.05, 3.63) is 52.6 Å². The highest BCUT2D eigenvalue weighted by molar-refractivity contribution is 5.92. The summed E-state index contributed by atoms with van der Waals surface area (Å²) in [6.07, 6.45) is -1.94. The monoisotopic (exact) mass is 637 g/mol. The molecule has 3 atom stereocenters. The quantitative estimate of drug-likeness (QED) is 0.133. The fourth-order valence-electron chi connectivity index (χ4n) is 4.49. The highest BCUT2D eigenvalue weighted by Gasteiger charge is 2.59. The van der Waals surface area contributed by atoms with Crippen molar-refractivity contribution in [3.8, 4) is 0 Å². The number of hydrogen-bond donors (Lipinski definition) is 5. The molecule has 1 aromatic carbocycles. The summed E-state index contributed by atoms with van der Waals surface area (Å²) in [6.45, 7) is -0.741. The fraction of sp³-hybridized carbons (Fsp3) is 0.517. The second-order valence-electron chi connectivity index (χ2n) is 10.4. The molecular formula is C29H37F2N5O9. The van der Waals surface area contributed by atoms with E-state index in [4.69, 9.17) is 9.84 Å². The number of alkyl halides is 2. The molecule has 1 fully saturated rings. The lowest BCUT2D eigenvalue weighted by Crippen LogP contribution is -2.41. The van der Waals surface area contributed by atoms with E-state index in [0.29, 0.717) is 41.5 Å². The summed E-state index contributed by atoms with van der Waals surface area (Å²) in [5.41, 5.74) is 0.0959. The Morgan fingerprint density at radius 2 is 1.69 bits per heavy atom. The van der Waals surface area contributed by atoms with Gasteiger partial charge in [0.2, 0.25) is 23.9 Å². The fourth-order valence-corrected chi connectivity index (χ4v) is 4.49. The molecular weight excluding hydrogens is 600 g/mol. The summed E-state index contributed by atoms with van der Waals surface area (Å²) in [4.78, 5) is 63.8. The third kappa shape index (κ3) is 10.4. The highest BCUT2D eigenvalue weighted by Crippen LogP contribution is 2.42. The van der Waals surface area contributed by atoms with Crippen LogP contribution in [-0.4, -0.2) is 75.3 Å². The Morgan fingerprint density at radius 1 is 1.00 bits per heavy atom. The maximum atomic E-state index is 14.3. The summed E-state index contributed by atoms with van der Waals surface area (Å²) in [7, 11) is 1.35. The Bertz CT molecular complexity index is 1400. The zero-order valence-corrected chi connectivity index (χ0v) is 24.7. The number of nitrogens with one attached hydrogen (secondary N) is 3. The number of hydrogen-bond acceptors (Lipinski definition) is 10. The molecule has 2 heterocycles. The van der Waals surface area contributed by atoms with Gasteiger partial charge in [-0.2, -0.15) is 13.8 Å². The normalized spacial score (nSPS) is 18.6. The first kappa shape index (κ1) is 35.2. The predicted octanol–water partition coefficient (Wildman–Crippen LogP) is 1.62. The topological polar surface area (TPSA) is 198 Å². The Kier molecular flexibility index (Phi) is 13.1. The second kappa shape index (κ2) is 16.7. The third-order valence-electron chi connectivity index (χ3n) is 6.95. The first-order valence-electron chi connectivity index (χ1n) is 14.4. The number of ether oxygens (including phenoxy) is 2. The van der Waals surface area contributed by atoms with Gasteiger partial charge in [0.05, 0.1) is 13.7 Å². The Balaban J connectivity index is 1.38. The first-order chi connectivity index (χ1) is 21.4. The van der Waals surface area contributed by atoms with Crippen LogP contribution in [0.15, 0.2) is 41.3 Å². The number of amides is 3. The summed E-state index contributed by atoms with van der Waals surface area (Å²) < 4.78 is 38.6. The van der Waals surface area contributed by atoms with E-state index in [2.05, 4.69) is 25.7 Å². The van der Waals surface area contributed by atoms with Crippen LogP contribution in [-0.2, 0) is 35.2 Å². The van der Waals surface area contributed by atoms with Crippen LogP contribution in [0, 0.1) is 0 Å². The van der Waals surface area contributed by atoms with Crippen molar-refractivity contribution >= 4 is 35.2 Å². The van der Waals surface area contributed by atoms with Crippen LogP contribution < -0.4 is 21.6 Å². The van der Waals surface area contributed by atoms with Crippen LogP contribution in [0.5, 0.6) is 0 Å². The number of methoxy groups -OCH3 is 1. The van der Waals surface area contributed by atoms with Crippen molar-refractivity contribution in [1.82, 2.24) is 14.9 Å². The van der Waals surface area contributed by atoms with Gasteiger partial charge < -0.3 is 35.6 Å². The molecule has 1 aromatic heterocycles. The van der Waals surface area contributed by atoms with Crippen molar-refractivity contribution in [2.24, 2.45) is 0 Å². The average molecular weight is 638 g/mol. The maximum Gasteiger partial charge on any atom is 0.351 e. The smallest absolute Gasteiger partial charge is 0.351 e. The van der Waals surface area contributed by atoms with Gasteiger partial charge >= 0.3 is 17.6 Å². The molecule has 0 bridgehead atoms. The molecule has 1 aliphatic heterocycles. The van der Waals surface area contributed by atoms with E-state index in [1.807, 2.05) is 0 Å². The molecule has 1 saturated heterocycles. The number of esters is 1. The minimum Gasteiger partial charge on any atom is -0.469 e. The van der Waals surface area contributed by atoms with Crippen LogP contribution in [0.2, 0.25) is 0 Å². The van der Waals surface area contributed by atoms with E-state index >= 15 is 0 Å². The number of aliphatic hydroxyl groups excluding tert-OH is 2. The van der Waals surface area contributed by atoms with Crippen LogP contribution in [0.4, 0.5) is 20.3 Å². The SMILES string of the molecule is COC(=O)CCCCCCC(=O)Nc1cccc(CNC(=O)CCC(=O)Nc2ccn(C3OC(CO)C(O)C3(F)F)c(=O)n2)c1. The molecule has 1 aliphatic rings. The van der Waals surface area contributed by atoms with E-state index in [9.17, 15) is 37.9 Å².